The fourth-order valence-corrected chi connectivity index (χ4v) is 9.18. The zero-order valence-electron chi connectivity index (χ0n) is 26.4. The molecule has 43 heavy (non-hydrogen) atoms. The molecule has 13 nitrogen and oxygen atoms in total. The van der Waals surface area contributed by atoms with Crippen LogP contribution in [0.4, 0.5) is 0 Å². The second kappa shape index (κ2) is 16.2. The van der Waals surface area contributed by atoms with Crippen LogP contribution >= 0.6 is 16.1 Å². The Hall–Kier alpha value is -1.45. The zero-order chi connectivity index (χ0) is 31.8. The number of H-pyrrole nitrogens is 1. The normalized spacial score (nSPS) is 24.1. The molecule has 1 aromatic heterocycles. The van der Waals surface area contributed by atoms with E-state index in [9.17, 15) is 14.2 Å². The Labute approximate surface area is 255 Å². The number of hydrogen-bond acceptors (Lipinski definition) is 11. The minimum atomic E-state index is -3.21. The minimum absolute atomic E-state index is 0.0775. The molecule has 2 fully saturated rings. The number of methoxy groups -OCH3 is 1. The van der Waals surface area contributed by atoms with Gasteiger partial charge in [-0.3, -0.25) is 18.9 Å². The molecule has 2 heterocycles. The van der Waals surface area contributed by atoms with Crippen molar-refractivity contribution < 1.29 is 32.1 Å². The first kappa shape index (κ1) is 36.0. The Morgan fingerprint density at radius 3 is 2.35 bits per heavy atom. The van der Waals surface area contributed by atoms with Gasteiger partial charge in [0.2, 0.25) is 0 Å². The molecule has 3 unspecified atom stereocenters. The molecule has 1 aromatic rings. The molecule has 1 saturated carbocycles. The molecule has 0 spiro atoms. The van der Waals surface area contributed by atoms with Gasteiger partial charge in [-0.1, -0.05) is 0 Å². The number of nitrogens with one attached hydrogen (secondary N) is 1. The summed E-state index contributed by atoms with van der Waals surface area (Å²) >= 11 is 0. The van der Waals surface area contributed by atoms with Crippen molar-refractivity contribution in [3.05, 3.63) is 33.1 Å². The molecular formula is C28H48N4O9P2. The van der Waals surface area contributed by atoms with Crippen molar-refractivity contribution in [2.24, 2.45) is 5.41 Å². The molecule has 2 aliphatic rings. The number of ether oxygens (including phenoxy) is 2. The van der Waals surface area contributed by atoms with Crippen molar-refractivity contribution in [1.29, 1.82) is 5.26 Å². The van der Waals surface area contributed by atoms with Crippen LogP contribution in [0.15, 0.2) is 21.9 Å². The quantitative estimate of drug-likeness (QED) is 0.161. The molecule has 244 valence electrons. The van der Waals surface area contributed by atoms with E-state index in [1.54, 1.807) is 13.8 Å². The van der Waals surface area contributed by atoms with Crippen molar-refractivity contribution in [3.8, 4) is 6.07 Å². The number of hydrogen-bond donors (Lipinski definition) is 1. The SMILES string of the molecule is CCOP(=O)(CCCC1([C@H]2O[C@@H](n3ccc(=O)[nH]c3=O)C(OC)C2OP(OCCC#N)N(C(C)C)C(C)C)CC1)OCC. The third kappa shape index (κ3) is 9.06. The summed E-state index contributed by atoms with van der Waals surface area (Å²) in [6.45, 7) is 12.6. The summed E-state index contributed by atoms with van der Waals surface area (Å²) in [4.78, 5) is 27.0. The topological polar surface area (TPSA) is 154 Å². The highest BCUT2D eigenvalue weighted by Gasteiger charge is 2.61. The predicted molar refractivity (Wildman–Crippen MR) is 163 cm³/mol. The molecule has 0 bridgehead atoms. The molecule has 5 atom stereocenters. The highest BCUT2D eigenvalue weighted by atomic mass is 31.2. The molecule has 1 N–H and O–H groups in total. The third-order valence-corrected chi connectivity index (χ3v) is 12.0. The number of nitriles is 1. The van der Waals surface area contributed by atoms with Gasteiger partial charge in [-0.2, -0.15) is 5.26 Å². The van der Waals surface area contributed by atoms with Crippen LogP contribution in [0.2, 0.25) is 0 Å². The standard InChI is InChI=1S/C28H48N4O9P2/c1-8-38-43(35,39-9-2)19-10-13-28(14-15-28)25-23(41-42(37-18-11-16-29)32(20(3)4)21(5)6)24(36-7)26(40-25)31-17-12-22(33)30-27(31)34/h12,17,20-21,23-26H,8-11,13-15,18-19H2,1-7H3,(H,30,33,34)/t23?,24?,25-,26+,42?/m0/s1. The van der Waals surface area contributed by atoms with E-state index in [-0.39, 0.29) is 36.7 Å². The van der Waals surface area contributed by atoms with Crippen molar-refractivity contribution >= 4 is 16.1 Å². The summed E-state index contributed by atoms with van der Waals surface area (Å²) in [6.07, 6.45) is 2.13. The molecule has 0 aromatic carbocycles. The van der Waals surface area contributed by atoms with Gasteiger partial charge in [0.15, 0.2) is 6.23 Å². The van der Waals surface area contributed by atoms with Gasteiger partial charge < -0.3 is 27.6 Å². The van der Waals surface area contributed by atoms with E-state index in [1.807, 2.05) is 0 Å². The van der Waals surface area contributed by atoms with Crippen LogP contribution in [-0.4, -0.2) is 77.7 Å². The fourth-order valence-electron chi connectivity index (χ4n) is 5.77. The van der Waals surface area contributed by atoms with Gasteiger partial charge in [-0.15, -0.1) is 0 Å². The first-order valence-electron chi connectivity index (χ1n) is 15.1. The zero-order valence-corrected chi connectivity index (χ0v) is 28.2. The van der Waals surface area contributed by atoms with Crippen molar-refractivity contribution in [2.75, 3.05) is 33.1 Å². The van der Waals surface area contributed by atoms with Crippen molar-refractivity contribution in [1.82, 2.24) is 14.2 Å². The molecule has 0 amide bonds. The van der Waals surface area contributed by atoms with Gasteiger partial charge >= 0.3 is 13.3 Å². The van der Waals surface area contributed by atoms with Gasteiger partial charge in [0.25, 0.3) is 14.1 Å². The lowest BCUT2D eigenvalue weighted by Gasteiger charge is -2.39. The summed E-state index contributed by atoms with van der Waals surface area (Å²) in [5.74, 6) is 0. The molecular weight excluding hydrogens is 598 g/mol. The Morgan fingerprint density at radius 1 is 1.19 bits per heavy atom. The maximum absolute atomic E-state index is 13.1. The Kier molecular flexibility index (Phi) is 13.6. The van der Waals surface area contributed by atoms with Crippen LogP contribution in [0.1, 0.15) is 79.9 Å². The van der Waals surface area contributed by atoms with Gasteiger partial charge in [0.05, 0.1) is 44.6 Å². The highest BCUT2D eigenvalue weighted by molar-refractivity contribution is 7.53. The van der Waals surface area contributed by atoms with Crippen LogP contribution in [0, 0.1) is 16.7 Å². The van der Waals surface area contributed by atoms with Crippen LogP contribution in [0.3, 0.4) is 0 Å². The highest BCUT2D eigenvalue weighted by Crippen LogP contribution is 2.61. The van der Waals surface area contributed by atoms with E-state index in [2.05, 4.69) is 43.4 Å². The maximum atomic E-state index is 13.1. The summed E-state index contributed by atoms with van der Waals surface area (Å²) in [6, 6.07) is 3.54. The Morgan fingerprint density at radius 2 is 1.84 bits per heavy atom. The Bertz CT molecular complexity index is 1210. The van der Waals surface area contributed by atoms with E-state index in [1.165, 1.54) is 23.9 Å². The first-order chi connectivity index (χ1) is 20.5. The average Bonchev–Trinajstić information content (AvgIpc) is 3.62. The lowest BCUT2D eigenvalue weighted by Crippen LogP contribution is -2.43. The lowest BCUT2D eigenvalue weighted by molar-refractivity contribution is -0.0714. The monoisotopic (exact) mass is 646 g/mol. The van der Waals surface area contributed by atoms with Crippen LogP contribution in [0.5, 0.6) is 0 Å². The van der Waals surface area contributed by atoms with Gasteiger partial charge in [-0.05, 0) is 72.6 Å². The Balaban J connectivity index is 1.97. The minimum Gasteiger partial charge on any atom is -0.374 e. The second-order valence-corrected chi connectivity index (χ2v) is 15.0. The van der Waals surface area contributed by atoms with Gasteiger partial charge in [0.1, 0.15) is 12.2 Å². The van der Waals surface area contributed by atoms with E-state index >= 15 is 0 Å². The maximum Gasteiger partial charge on any atom is 0.330 e. The van der Waals surface area contributed by atoms with E-state index < -0.39 is 51.9 Å². The van der Waals surface area contributed by atoms with E-state index in [4.69, 9.17) is 32.8 Å². The lowest BCUT2D eigenvalue weighted by atomic mass is 9.89. The number of nitrogens with zero attached hydrogens (tertiary/aromatic N) is 3. The van der Waals surface area contributed by atoms with Crippen LogP contribution < -0.4 is 11.2 Å². The molecule has 1 aliphatic carbocycles. The number of aromatic nitrogens is 2. The van der Waals surface area contributed by atoms with Crippen molar-refractivity contribution in [2.45, 2.75) is 110 Å². The first-order valence-corrected chi connectivity index (χ1v) is 17.9. The predicted octanol–water partition coefficient (Wildman–Crippen LogP) is 4.94. The smallest absolute Gasteiger partial charge is 0.330 e. The second-order valence-electron chi connectivity index (χ2n) is 11.4. The van der Waals surface area contributed by atoms with Gasteiger partial charge in [0, 0.05) is 31.5 Å². The van der Waals surface area contributed by atoms with Gasteiger partial charge in [-0.25, -0.2) is 9.46 Å². The molecule has 1 saturated heterocycles. The summed E-state index contributed by atoms with van der Waals surface area (Å²) in [5.41, 5.74) is -1.45. The molecule has 15 heteroatoms. The number of rotatable bonds is 19. The summed E-state index contributed by atoms with van der Waals surface area (Å²) in [7, 11) is -3.33. The van der Waals surface area contributed by atoms with E-state index in [0.717, 1.165) is 12.8 Å². The van der Waals surface area contributed by atoms with E-state index in [0.29, 0.717) is 26.1 Å². The summed E-state index contributed by atoms with van der Waals surface area (Å²) < 4.78 is 53.3. The van der Waals surface area contributed by atoms with Crippen LogP contribution in [0.25, 0.3) is 0 Å². The number of aromatic amines is 1. The third-order valence-electron chi connectivity index (χ3n) is 7.71. The molecule has 1 aliphatic heterocycles. The van der Waals surface area contributed by atoms with Crippen molar-refractivity contribution in [3.63, 3.8) is 0 Å². The molecule has 3 rings (SSSR count). The summed E-state index contributed by atoms with van der Waals surface area (Å²) in [5, 5.41) is 9.16. The average molecular weight is 647 g/mol. The largest absolute Gasteiger partial charge is 0.374 e. The molecule has 0 radical (unpaired) electrons. The fraction of sp³-hybridized carbons (Fsp3) is 0.821. The van der Waals surface area contributed by atoms with Crippen LogP contribution in [-0.2, 0) is 32.1 Å².